The van der Waals surface area contributed by atoms with Crippen molar-refractivity contribution >= 4 is 35.5 Å². The molecule has 0 heterocycles. The normalized spacial score (nSPS) is 15.4. The van der Waals surface area contributed by atoms with Crippen LogP contribution in [0, 0.1) is 22.7 Å². The van der Waals surface area contributed by atoms with E-state index in [1.54, 1.807) is 6.92 Å². The van der Waals surface area contributed by atoms with Crippen molar-refractivity contribution in [3.63, 3.8) is 0 Å². The van der Waals surface area contributed by atoms with Crippen molar-refractivity contribution in [1.82, 2.24) is 0 Å². The number of carbonyl (C=O) groups is 2. The fourth-order valence-corrected chi connectivity index (χ4v) is 3.04. The van der Waals surface area contributed by atoms with Crippen molar-refractivity contribution in [1.29, 1.82) is 10.5 Å². The zero-order valence-electron chi connectivity index (χ0n) is 16.0. The van der Waals surface area contributed by atoms with Crippen LogP contribution in [0.4, 0.5) is 0 Å². The summed E-state index contributed by atoms with van der Waals surface area (Å²) in [4.78, 5) is 22.7. The average molecular weight is 413 g/mol. The Labute approximate surface area is 171 Å². The molecule has 27 heavy (non-hydrogen) atoms. The number of aliphatic carboxylic acids is 1. The second-order valence-corrected chi connectivity index (χ2v) is 8.32. The summed E-state index contributed by atoms with van der Waals surface area (Å²) in [5.74, 6) is 0.620. The predicted molar refractivity (Wildman–Crippen MR) is 109 cm³/mol. The van der Waals surface area contributed by atoms with Crippen LogP contribution < -0.4 is 0 Å². The molecule has 0 aliphatic carbocycles. The molecule has 1 N–H and O–H groups in total. The molecule has 0 fully saturated rings. The molecule has 2 atom stereocenters. The number of carboxylic acids is 1. The van der Waals surface area contributed by atoms with E-state index in [0.29, 0.717) is 0 Å². The van der Waals surface area contributed by atoms with E-state index < -0.39 is 17.0 Å². The van der Waals surface area contributed by atoms with Gasteiger partial charge in [0.05, 0.1) is 12.1 Å². The van der Waals surface area contributed by atoms with Gasteiger partial charge in [0.25, 0.3) is 0 Å². The van der Waals surface area contributed by atoms with E-state index in [9.17, 15) is 20.1 Å². The highest BCUT2D eigenvalue weighted by Crippen LogP contribution is 2.24. The van der Waals surface area contributed by atoms with Crippen LogP contribution in [-0.2, 0) is 9.59 Å². The van der Waals surface area contributed by atoms with E-state index in [-0.39, 0.29) is 30.8 Å². The number of nitrogens with zero attached hydrogens (tertiary/aromatic N) is 4. The molecule has 0 amide bonds. The fraction of sp³-hybridized carbons (Fsp3) is 0.778. The summed E-state index contributed by atoms with van der Waals surface area (Å²) in [6.45, 7) is 3.03. The summed E-state index contributed by atoms with van der Waals surface area (Å²) in [6.07, 6.45) is 4.45. The number of thiol groups is 1. The van der Waals surface area contributed by atoms with Gasteiger partial charge in [-0.25, -0.2) is 0 Å². The summed E-state index contributed by atoms with van der Waals surface area (Å²) in [7, 11) is 0. The Balaban J connectivity index is 4.50. The Hall–Kier alpha value is -1.58. The Kier molecular flexibility index (Phi) is 12.8. The molecule has 0 aromatic carbocycles. The molecule has 0 rings (SSSR count). The molecule has 9 heteroatoms. The highest BCUT2D eigenvalue weighted by Gasteiger charge is 2.29. The summed E-state index contributed by atoms with van der Waals surface area (Å²) < 4.78 is 0. The number of hydrogen-bond acceptors (Lipinski definition) is 8. The lowest BCUT2D eigenvalue weighted by Gasteiger charge is -2.18. The molecule has 0 aliphatic heterocycles. The van der Waals surface area contributed by atoms with Gasteiger partial charge in [-0.15, -0.1) is 0 Å². The lowest BCUT2D eigenvalue weighted by atomic mass is 9.98. The van der Waals surface area contributed by atoms with Crippen LogP contribution in [0.3, 0.4) is 0 Å². The average Bonchev–Trinajstić information content (AvgIpc) is 2.66. The van der Waals surface area contributed by atoms with Crippen LogP contribution in [0.15, 0.2) is 10.2 Å². The van der Waals surface area contributed by atoms with E-state index in [1.807, 2.05) is 12.1 Å². The van der Waals surface area contributed by atoms with Crippen LogP contribution in [0.1, 0.15) is 65.2 Å². The second-order valence-electron chi connectivity index (χ2n) is 6.72. The third-order valence-electron chi connectivity index (χ3n) is 3.93. The number of carboxylic acid groups (broad SMARTS) is 1. The first-order chi connectivity index (χ1) is 12.7. The Morgan fingerprint density at radius 1 is 1.00 bits per heavy atom. The first kappa shape index (κ1) is 25.4. The minimum Gasteiger partial charge on any atom is -0.481 e. The third kappa shape index (κ3) is 12.4. The number of carbonyl (C=O) groups excluding carboxylic acids is 1. The predicted octanol–water partition coefficient (Wildman–Crippen LogP) is 4.40. The maximum atomic E-state index is 12.0. The lowest BCUT2D eigenvalue weighted by Crippen LogP contribution is -2.25. The van der Waals surface area contributed by atoms with Gasteiger partial charge in [-0.05, 0) is 45.3 Å². The first-order valence-corrected chi connectivity index (χ1v) is 10.6. The van der Waals surface area contributed by atoms with Crippen molar-refractivity contribution in [3.05, 3.63) is 0 Å². The minimum absolute atomic E-state index is 0.00580. The van der Waals surface area contributed by atoms with Crippen molar-refractivity contribution in [2.24, 2.45) is 10.2 Å². The quantitative estimate of drug-likeness (QED) is 0.247. The molecular weight excluding hydrogens is 384 g/mol. The number of nitriles is 2. The summed E-state index contributed by atoms with van der Waals surface area (Å²) in [5, 5.41) is 35.3. The molecular formula is C18H28N4O3S2. The Morgan fingerprint density at radius 3 is 2.00 bits per heavy atom. The molecule has 0 bridgehead atoms. The number of unbranched alkanes of at least 4 members (excludes halogenated alkanes) is 3. The monoisotopic (exact) mass is 412 g/mol. The van der Waals surface area contributed by atoms with Gasteiger partial charge in [0, 0.05) is 18.6 Å². The lowest BCUT2D eigenvalue weighted by molar-refractivity contribution is -0.137. The van der Waals surface area contributed by atoms with E-state index in [4.69, 9.17) is 5.11 Å². The maximum Gasteiger partial charge on any atom is 0.303 e. The van der Waals surface area contributed by atoms with Gasteiger partial charge >= 0.3 is 5.97 Å². The van der Waals surface area contributed by atoms with E-state index in [2.05, 4.69) is 22.9 Å². The summed E-state index contributed by atoms with van der Waals surface area (Å²) in [5.41, 5.74) is -2.52. The van der Waals surface area contributed by atoms with E-state index in [0.717, 1.165) is 37.2 Å². The van der Waals surface area contributed by atoms with Crippen molar-refractivity contribution < 1.29 is 14.7 Å². The largest absolute Gasteiger partial charge is 0.481 e. The van der Waals surface area contributed by atoms with Crippen molar-refractivity contribution in [3.8, 4) is 12.1 Å². The molecule has 0 aromatic heterocycles. The summed E-state index contributed by atoms with van der Waals surface area (Å²) >= 11 is 5.43. The van der Waals surface area contributed by atoms with E-state index in [1.165, 1.54) is 18.7 Å². The molecule has 0 aliphatic rings. The number of rotatable bonds is 14. The van der Waals surface area contributed by atoms with Crippen LogP contribution in [-0.4, -0.2) is 38.8 Å². The van der Waals surface area contributed by atoms with Gasteiger partial charge in [-0.3, -0.25) is 9.59 Å². The topological polar surface area (TPSA) is 127 Å². The van der Waals surface area contributed by atoms with Gasteiger partial charge in [0.15, 0.2) is 16.2 Å². The number of azo groups is 1. The SMILES string of the molecule is C[C@](C#N)(CCC(=O)O)N=N[C@@](C)(C#N)CCC(=O)SCCCCCCS. The molecule has 0 aromatic rings. The van der Waals surface area contributed by atoms with Gasteiger partial charge in [-0.1, -0.05) is 24.6 Å². The maximum absolute atomic E-state index is 12.0. The molecule has 150 valence electrons. The van der Waals surface area contributed by atoms with Gasteiger partial charge in [0.1, 0.15) is 0 Å². The van der Waals surface area contributed by atoms with Crippen molar-refractivity contribution in [2.75, 3.05) is 11.5 Å². The number of thioether (sulfide) groups is 1. The molecule has 0 saturated carbocycles. The summed E-state index contributed by atoms with van der Waals surface area (Å²) in [6, 6.07) is 3.97. The van der Waals surface area contributed by atoms with Crippen LogP contribution >= 0.6 is 24.4 Å². The highest BCUT2D eigenvalue weighted by atomic mass is 32.2. The zero-order chi connectivity index (χ0) is 20.8. The van der Waals surface area contributed by atoms with Crippen molar-refractivity contribution in [2.45, 2.75) is 76.3 Å². The zero-order valence-corrected chi connectivity index (χ0v) is 17.7. The van der Waals surface area contributed by atoms with E-state index >= 15 is 0 Å². The Bertz CT molecular complexity index is 600. The van der Waals surface area contributed by atoms with Crippen LogP contribution in [0.2, 0.25) is 0 Å². The number of hydrogen-bond donors (Lipinski definition) is 2. The Morgan fingerprint density at radius 2 is 1.52 bits per heavy atom. The van der Waals surface area contributed by atoms with Crippen LogP contribution in [0.25, 0.3) is 0 Å². The molecule has 7 nitrogen and oxygen atoms in total. The minimum atomic E-state index is -1.30. The van der Waals surface area contributed by atoms with Crippen LogP contribution in [0.5, 0.6) is 0 Å². The molecule has 0 spiro atoms. The van der Waals surface area contributed by atoms with Gasteiger partial charge in [-0.2, -0.15) is 33.4 Å². The standard InChI is InChI=1S/C18H28N4O3S2/c1-17(13-19,9-7-15(23)24)21-22-18(2,14-20)10-8-16(25)27-12-6-4-3-5-11-26/h26H,3-12H2,1-2H3,(H,23,24)/t17-,18-/m1/s1. The third-order valence-corrected chi connectivity index (χ3v) is 5.27. The fourth-order valence-electron chi connectivity index (χ4n) is 2.00. The highest BCUT2D eigenvalue weighted by molar-refractivity contribution is 8.13. The molecule has 0 saturated heterocycles. The smallest absolute Gasteiger partial charge is 0.303 e. The second kappa shape index (κ2) is 13.6. The first-order valence-electron chi connectivity index (χ1n) is 8.95. The van der Waals surface area contributed by atoms with Gasteiger partial charge in [0.2, 0.25) is 0 Å². The molecule has 0 radical (unpaired) electrons. The molecule has 0 unspecified atom stereocenters. The van der Waals surface area contributed by atoms with Gasteiger partial charge < -0.3 is 5.11 Å².